The van der Waals surface area contributed by atoms with Crippen LogP contribution in [-0.2, 0) is 5.41 Å². The standard InChI is InChI=1S/C17H16N4O4/c1-9-5-7-11(20(22)23)15-13(9)18-14-10(17(2,3)4)6-8-12(21(24)25)16(14)19-15/h5-8H,1-4H3. The van der Waals surface area contributed by atoms with Crippen molar-refractivity contribution < 1.29 is 9.85 Å². The quantitative estimate of drug-likeness (QED) is 0.392. The lowest BCUT2D eigenvalue weighted by Gasteiger charge is -2.20. The lowest BCUT2D eigenvalue weighted by atomic mass is 9.85. The molecule has 0 atom stereocenters. The van der Waals surface area contributed by atoms with E-state index in [1.165, 1.54) is 12.1 Å². The second-order valence-electron chi connectivity index (χ2n) is 6.92. The van der Waals surface area contributed by atoms with Crippen LogP contribution < -0.4 is 0 Å². The van der Waals surface area contributed by atoms with Crippen LogP contribution in [0.4, 0.5) is 11.4 Å². The Morgan fingerprint density at radius 1 is 0.800 bits per heavy atom. The zero-order valence-electron chi connectivity index (χ0n) is 14.2. The summed E-state index contributed by atoms with van der Waals surface area (Å²) < 4.78 is 0. The van der Waals surface area contributed by atoms with Crippen LogP contribution in [0.2, 0.25) is 0 Å². The first-order valence-corrected chi connectivity index (χ1v) is 7.64. The summed E-state index contributed by atoms with van der Waals surface area (Å²) in [6.45, 7) is 7.69. The summed E-state index contributed by atoms with van der Waals surface area (Å²) in [4.78, 5) is 30.5. The Labute approximate surface area is 142 Å². The lowest BCUT2D eigenvalue weighted by molar-refractivity contribution is -0.383. The van der Waals surface area contributed by atoms with Crippen molar-refractivity contribution in [3.05, 3.63) is 55.6 Å². The molecule has 0 radical (unpaired) electrons. The molecule has 8 nitrogen and oxygen atoms in total. The highest BCUT2D eigenvalue weighted by Gasteiger charge is 2.26. The molecule has 25 heavy (non-hydrogen) atoms. The number of nitrogens with zero attached hydrogens (tertiary/aromatic N) is 4. The molecule has 0 aliphatic rings. The highest BCUT2D eigenvalue weighted by molar-refractivity contribution is 5.97. The first-order valence-electron chi connectivity index (χ1n) is 7.64. The lowest BCUT2D eigenvalue weighted by Crippen LogP contribution is -2.13. The molecular weight excluding hydrogens is 324 g/mol. The van der Waals surface area contributed by atoms with Crippen molar-refractivity contribution in [3.8, 4) is 0 Å². The normalized spacial score (nSPS) is 11.8. The van der Waals surface area contributed by atoms with Crippen molar-refractivity contribution in [2.45, 2.75) is 33.1 Å². The number of hydrogen-bond donors (Lipinski definition) is 0. The minimum absolute atomic E-state index is 0.0617. The minimum atomic E-state index is -0.554. The average Bonchev–Trinajstić information content (AvgIpc) is 2.51. The highest BCUT2D eigenvalue weighted by Crippen LogP contribution is 2.36. The molecule has 1 aromatic heterocycles. The van der Waals surface area contributed by atoms with E-state index < -0.39 is 9.85 Å². The highest BCUT2D eigenvalue weighted by atomic mass is 16.6. The number of rotatable bonds is 2. The molecule has 128 valence electrons. The minimum Gasteiger partial charge on any atom is -0.258 e. The van der Waals surface area contributed by atoms with Crippen molar-refractivity contribution in [1.29, 1.82) is 0 Å². The van der Waals surface area contributed by atoms with E-state index in [0.29, 0.717) is 11.0 Å². The van der Waals surface area contributed by atoms with Crippen molar-refractivity contribution in [3.63, 3.8) is 0 Å². The predicted octanol–water partition coefficient (Wildman–Crippen LogP) is 4.21. The summed E-state index contributed by atoms with van der Waals surface area (Å²) in [6.07, 6.45) is 0. The zero-order chi connectivity index (χ0) is 18.5. The van der Waals surface area contributed by atoms with E-state index >= 15 is 0 Å². The van der Waals surface area contributed by atoms with Gasteiger partial charge in [-0.1, -0.05) is 26.8 Å². The molecule has 8 heteroatoms. The SMILES string of the molecule is Cc1ccc([N+](=O)[O-])c2nc3c([N+](=O)[O-])ccc(C(C)(C)C)c3nc12. The van der Waals surface area contributed by atoms with Gasteiger partial charge in [-0.3, -0.25) is 20.2 Å². The van der Waals surface area contributed by atoms with Gasteiger partial charge in [0.25, 0.3) is 11.4 Å². The topological polar surface area (TPSA) is 112 Å². The van der Waals surface area contributed by atoms with Crippen LogP contribution in [0.25, 0.3) is 22.1 Å². The van der Waals surface area contributed by atoms with E-state index in [1.807, 2.05) is 20.8 Å². The molecule has 0 unspecified atom stereocenters. The Morgan fingerprint density at radius 2 is 1.28 bits per heavy atom. The predicted molar refractivity (Wildman–Crippen MR) is 93.8 cm³/mol. The van der Waals surface area contributed by atoms with Crippen LogP contribution in [0.5, 0.6) is 0 Å². The zero-order valence-corrected chi connectivity index (χ0v) is 14.2. The van der Waals surface area contributed by atoms with Gasteiger partial charge in [0.05, 0.1) is 15.4 Å². The number of hydrogen-bond acceptors (Lipinski definition) is 6. The fourth-order valence-electron chi connectivity index (χ4n) is 2.84. The van der Waals surface area contributed by atoms with E-state index in [0.717, 1.165) is 11.1 Å². The van der Waals surface area contributed by atoms with Crippen LogP contribution in [0.3, 0.4) is 0 Å². The van der Waals surface area contributed by atoms with Crippen LogP contribution in [0.15, 0.2) is 24.3 Å². The van der Waals surface area contributed by atoms with Crippen molar-refractivity contribution >= 4 is 33.4 Å². The number of nitro groups is 2. The molecule has 1 heterocycles. The largest absolute Gasteiger partial charge is 0.297 e. The fraction of sp³-hybridized carbons (Fsp3) is 0.294. The summed E-state index contributed by atoms with van der Waals surface area (Å²) in [5.74, 6) is 0. The first-order chi connectivity index (χ1) is 11.6. The van der Waals surface area contributed by atoms with Crippen molar-refractivity contribution in [1.82, 2.24) is 9.97 Å². The molecule has 0 amide bonds. The number of fused-ring (bicyclic) bond motifs is 2. The van der Waals surface area contributed by atoms with Gasteiger partial charge in [0, 0.05) is 12.1 Å². The summed E-state index contributed by atoms with van der Waals surface area (Å²) in [5.41, 5.74) is 1.69. The Balaban J connectivity index is 2.58. The van der Waals surface area contributed by atoms with Crippen LogP contribution in [0, 0.1) is 27.2 Å². The van der Waals surface area contributed by atoms with Gasteiger partial charge in [0.15, 0.2) is 11.0 Å². The third-order valence-corrected chi connectivity index (χ3v) is 4.11. The smallest absolute Gasteiger partial charge is 0.258 e. The van der Waals surface area contributed by atoms with E-state index in [1.54, 1.807) is 19.1 Å². The van der Waals surface area contributed by atoms with Crippen molar-refractivity contribution in [2.75, 3.05) is 0 Å². The third-order valence-electron chi connectivity index (χ3n) is 4.11. The Kier molecular flexibility index (Phi) is 3.63. The summed E-state index contributed by atoms with van der Waals surface area (Å²) in [5, 5.41) is 22.7. The molecule has 3 rings (SSSR count). The van der Waals surface area contributed by atoms with Crippen LogP contribution >= 0.6 is 0 Å². The van der Waals surface area contributed by atoms with Gasteiger partial charge in [0.1, 0.15) is 5.52 Å². The Morgan fingerprint density at radius 3 is 1.80 bits per heavy atom. The van der Waals surface area contributed by atoms with Crippen LogP contribution in [-0.4, -0.2) is 19.8 Å². The van der Waals surface area contributed by atoms with Crippen LogP contribution in [0.1, 0.15) is 31.9 Å². The Bertz CT molecular complexity index is 1050. The molecular formula is C17H16N4O4. The summed E-state index contributed by atoms with van der Waals surface area (Å²) in [7, 11) is 0. The monoisotopic (exact) mass is 340 g/mol. The van der Waals surface area contributed by atoms with Gasteiger partial charge in [-0.15, -0.1) is 0 Å². The number of nitro benzene ring substituents is 2. The van der Waals surface area contributed by atoms with Gasteiger partial charge < -0.3 is 0 Å². The maximum Gasteiger partial charge on any atom is 0.297 e. The van der Waals surface area contributed by atoms with Gasteiger partial charge >= 0.3 is 0 Å². The number of non-ortho nitro benzene ring substituents is 2. The molecule has 0 bridgehead atoms. The van der Waals surface area contributed by atoms with E-state index in [4.69, 9.17) is 0 Å². The maximum atomic E-state index is 11.4. The third kappa shape index (κ3) is 2.65. The van der Waals surface area contributed by atoms with Gasteiger partial charge in [-0.25, -0.2) is 9.97 Å². The molecule has 0 aliphatic carbocycles. The number of benzene rings is 2. The van der Waals surface area contributed by atoms with Gasteiger partial charge in [-0.2, -0.15) is 0 Å². The fourth-order valence-corrected chi connectivity index (χ4v) is 2.84. The first kappa shape index (κ1) is 16.7. The van der Waals surface area contributed by atoms with E-state index in [9.17, 15) is 20.2 Å². The van der Waals surface area contributed by atoms with Gasteiger partial charge in [-0.05, 0) is 29.5 Å². The number of aryl methyl sites for hydroxylation is 1. The average molecular weight is 340 g/mol. The second kappa shape index (κ2) is 5.44. The number of aromatic nitrogens is 2. The van der Waals surface area contributed by atoms with Crippen molar-refractivity contribution in [2.24, 2.45) is 0 Å². The Hall–Kier alpha value is -3.16. The molecule has 0 N–H and O–H groups in total. The second-order valence-corrected chi connectivity index (χ2v) is 6.92. The maximum absolute atomic E-state index is 11.4. The van der Waals surface area contributed by atoms with E-state index in [-0.39, 0.29) is 27.8 Å². The molecule has 0 fully saturated rings. The van der Waals surface area contributed by atoms with Gasteiger partial charge in [0.2, 0.25) is 0 Å². The summed E-state index contributed by atoms with van der Waals surface area (Å²) in [6, 6.07) is 6.01. The molecule has 0 aliphatic heterocycles. The molecule has 0 saturated carbocycles. The molecule has 0 saturated heterocycles. The molecule has 0 spiro atoms. The molecule has 2 aromatic carbocycles. The van der Waals surface area contributed by atoms with E-state index in [2.05, 4.69) is 9.97 Å². The summed E-state index contributed by atoms with van der Waals surface area (Å²) >= 11 is 0. The molecule has 3 aromatic rings.